The number of carbonyl (C=O) groups is 2. The van der Waals surface area contributed by atoms with Crippen LogP contribution >= 0.6 is 0 Å². The van der Waals surface area contributed by atoms with Crippen LogP contribution in [0.25, 0.3) is 0 Å². The van der Waals surface area contributed by atoms with Crippen LogP contribution in [0.4, 0.5) is 17.1 Å². The number of rotatable bonds is 5. The average molecular weight is 393 g/mol. The van der Waals surface area contributed by atoms with E-state index in [4.69, 9.17) is 4.74 Å². The number of nitrogens with one attached hydrogen (secondary N) is 2. The molecule has 152 valence electrons. The van der Waals surface area contributed by atoms with E-state index in [-0.39, 0.29) is 11.8 Å². The quantitative estimate of drug-likeness (QED) is 0.763. The first-order valence-corrected chi connectivity index (χ1v) is 10.1. The Morgan fingerprint density at radius 1 is 0.931 bits per heavy atom. The number of carbonyl (C=O) groups excluding carboxylic acids is 2. The molecule has 1 aliphatic heterocycles. The normalized spacial score (nSPS) is 17.5. The molecule has 0 aromatic heterocycles. The molecule has 6 heteroatoms. The van der Waals surface area contributed by atoms with Crippen LogP contribution in [0.5, 0.6) is 0 Å². The van der Waals surface area contributed by atoms with Gasteiger partial charge in [0.2, 0.25) is 11.8 Å². The first-order chi connectivity index (χ1) is 14.0. The number of anilines is 3. The predicted octanol–water partition coefficient (Wildman–Crippen LogP) is 3.50. The molecule has 1 heterocycles. The maximum Gasteiger partial charge on any atom is 0.240 e. The second-order valence-corrected chi connectivity index (χ2v) is 7.98. The molecule has 2 amide bonds. The van der Waals surface area contributed by atoms with Crippen molar-refractivity contribution in [3.63, 3.8) is 0 Å². The van der Waals surface area contributed by atoms with Crippen LogP contribution in [0, 0.1) is 19.3 Å². The van der Waals surface area contributed by atoms with Crippen molar-refractivity contribution in [2.75, 3.05) is 41.8 Å². The highest BCUT2D eigenvalue weighted by molar-refractivity contribution is 6.17. The molecule has 2 fully saturated rings. The van der Waals surface area contributed by atoms with E-state index in [0.717, 1.165) is 41.3 Å². The van der Waals surface area contributed by atoms with Crippen molar-refractivity contribution in [1.29, 1.82) is 0 Å². The van der Waals surface area contributed by atoms with E-state index in [1.165, 1.54) is 0 Å². The van der Waals surface area contributed by atoms with Crippen LogP contribution in [0.15, 0.2) is 42.5 Å². The van der Waals surface area contributed by atoms with Crippen LogP contribution in [0.1, 0.15) is 24.0 Å². The Kier molecular flexibility index (Phi) is 5.28. The lowest BCUT2D eigenvalue weighted by Gasteiger charge is -2.30. The molecule has 2 aliphatic rings. The van der Waals surface area contributed by atoms with Gasteiger partial charge in [0, 0.05) is 18.8 Å². The van der Waals surface area contributed by atoms with Crippen LogP contribution < -0.4 is 15.5 Å². The number of para-hydroxylation sites is 2. The average Bonchev–Trinajstić information content (AvgIpc) is 3.50. The number of morpholine rings is 1. The van der Waals surface area contributed by atoms with Gasteiger partial charge >= 0.3 is 0 Å². The molecule has 1 aliphatic carbocycles. The van der Waals surface area contributed by atoms with Crippen molar-refractivity contribution in [1.82, 2.24) is 0 Å². The molecule has 1 saturated carbocycles. The summed E-state index contributed by atoms with van der Waals surface area (Å²) in [6.07, 6.45) is 1.13. The minimum Gasteiger partial charge on any atom is -0.378 e. The SMILES string of the molecule is Cc1cc(C)cc(NC(=O)C2(C(=O)Nc3ccccc3N3CCOCC3)CC2)c1. The van der Waals surface area contributed by atoms with Gasteiger partial charge in [0.25, 0.3) is 0 Å². The summed E-state index contributed by atoms with van der Waals surface area (Å²) in [4.78, 5) is 28.2. The highest BCUT2D eigenvalue weighted by Crippen LogP contribution is 2.48. The predicted molar refractivity (Wildman–Crippen MR) is 114 cm³/mol. The molecule has 0 bridgehead atoms. The summed E-state index contributed by atoms with van der Waals surface area (Å²) in [5.74, 6) is -0.469. The molecule has 2 N–H and O–H groups in total. The number of aryl methyl sites for hydroxylation is 2. The lowest BCUT2D eigenvalue weighted by Crippen LogP contribution is -2.38. The van der Waals surface area contributed by atoms with Gasteiger partial charge in [-0.3, -0.25) is 9.59 Å². The number of hydrogen-bond acceptors (Lipinski definition) is 4. The summed E-state index contributed by atoms with van der Waals surface area (Å²) in [5, 5.41) is 5.96. The Morgan fingerprint density at radius 3 is 2.21 bits per heavy atom. The first-order valence-electron chi connectivity index (χ1n) is 10.1. The largest absolute Gasteiger partial charge is 0.378 e. The Hall–Kier alpha value is -2.86. The Labute approximate surface area is 171 Å². The topological polar surface area (TPSA) is 70.7 Å². The fraction of sp³-hybridized carbons (Fsp3) is 0.391. The standard InChI is InChI=1S/C23H27N3O3/c1-16-13-17(2)15-18(14-16)24-21(27)23(7-8-23)22(28)25-19-5-3-4-6-20(19)26-9-11-29-12-10-26/h3-6,13-15H,7-12H2,1-2H3,(H,24,27)(H,25,28). The number of hydrogen-bond donors (Lipinski definition) is 2. The van der Waals surface area contributed by atoms with Gasteiger partial charge in [-0.1, -0.05) is 18.2 Å². The summed E-state index contributed by atoms with van der Waals surface area (Å²) in [7, 11) is 0. The smallest absolute Gasteiger partial charge is 0.240 e. The van der Waals surface area contributed by atoms with E-state index in [0.29, 0.717) is 26.1 Å². The van der Waals surface area contributed by atoms with Gasteiger partial charge in [-0.15, -0.1) is 0 Å². The lowest BCUT2D eigenvalue weighted by molar-refractivity contribution is -0.131. The fourth-order valence-corrected chi connectivity index (χ4v) is 3.88. The van der Waals surface area contributed by atoms with Crippen LogP contribution in [-0.4, -0.2) is 38.1 Å². The van der Waals surface area contributed by atoms with E-state index in [1.807, 2.05) is 50.2 Å². The second kappa shape index (κ2) is 7.87. The summed E-state index contributed by atoms with van der Waals surface area (Å²) in [5.41, 5.74) is 3.61. The van der Waals surface area contributed by atoms with Gasteiger partial charge < -0.3 is 20.3 Å². The van der Waals surface area contributed by atoms with Gasteiger partial charge in [-0.25, -0.2) is 0 Å². The maximum atomic E-state index is 13.1. The van der Waals surface area contributed by atoms with Crippen LogP contribution in [-0.2, 0) is 14.3 Å². The molecule has 6 nitrogen and oxygen atoms in total. The Morgan fingerprint density at radius 2 is 1.55 bits per heavy atom. The highest BCUT2D eigenvalue weighted by atomic mass is 16.5. The van der Waals surface area contributed by atoms with Gasteiger partial charge in [0.15, 0.2) is 0 Å². The summed E-state index contributed by atoms with van der Waals surface area (Å²) < 4.78 is 5.43. The molecule has 29 heavy (non-hydrogen) atoms. The number of benzene rings is 2. The van der Waals surface area contributed by atoms with Crippen molar-refractivity contribution in [3.05, 3.63) is 53.6 Å². The van der Waals surface area contributed by atoms with Gasteiger partial charge in [0.1, 0.15) is 5.41 Å². The van der Waals surface area contributed by atoms with Crippen molar-refractivity contribution in [2.45, 2.75) is 26.7 Å². The molecule has 0 atom stereocenters. The van der Waals surface area contributed by atoms with E-state index in [9.17, 15) is 9.59 Å². The summed E-state index contributed by atoms with van der Waals surface area (Å²) >= 11 is 0. The summed E-state index contributed by atoms with van der Waals surface area (Å²) in [6.45, 7) is 6.89. The molecule has 0 spiro atoms. The van der Waals surface area contributed by atoms with E-state index in [2.05, 4.69) is 21.6 Å². The van der Waals surface area contributed by atoms with E-state index >= 15 is 0 Å². The Bertz CT molecular complexity index is 910. The lowest BCUT2D eigenvalue weighted by atomic mass is 10.0. The highest BCUT2D eigenvalue weighted by Gasteiger charge is 2.56. The second-order valence-electron chi connectivity index (χ2n) is 7.98. The Balaban J connectivity index is 1.49. The zero-order chi connectivity index (χ0) is 20.4. The van der Waals surface area contributed by atoms with Gasteiger partial charge in [0.05, 0.1) is 24.6 Å². The molecule has 0 unspecified atom stereocenters. The van der Waals surface area contributed by atoms with Crippen molar-refractivity contribution in [2.24, 2.45) is 5.41 Å². The molecule has 1 saturated heterocycles. The number of amides is 2. The first kappa shape index (κ1) is 19.5. The molecular formula is C23H27N3O3. The monoisotopic (exact) mass is 393 g/mol. The number of nitrogens with zero attached hydrogens (tertiary/aromatic N) is 1. The van der Waals surface area contributed by atoms with Crippen LogP contribution in [0.3, 0.4) is 0 Å². The zero-order valence-corrected chi connectivity index (χ0v) is 17.0. The van der Waals surface area contributed by atoms with E-state index < -0.39 is 5.41 Å². The van der Waals surface area contributed by atoms with E-state index in [1.54, 1.807) is 0 Å². The molecular weight excluding hydrogens is 366 g/mol. The van der Waals surface area contributed by atoms with Crippen molar-refractivity contribution < 1.29 is 14.3 Å². The third-order valence-corrected chi connectivity index (χ3v) is 5.60. The minimum absolute atomic E-state index is 0.233. The maximum absolute atomic E-state index is 13.1. The van der Waals surface area contributed by atoms with Crippen molar-refractivity contribution >= 4 is 28.9 Å². The van der Waals surface area contributed by atoms with Gasteiger partial charge in [-0.05, 0) is 62.1 Å². The summed E-state index contributed by atoms with van der Waals surface area (Å²) in [6, 6.07) is 13.6. The fourth-order valence-electron chi connectivity index (χ4n) is 3.88. The minimum atomic E-state index is -0.990. The molecule has 4 rings (SSSR count). The van der Waals surface area contributed by atoms with Crippen molar-refractivity contribution in [3.8, 4) is 0 Å². The zero-order valence-electron chi connectivity index (χ0n) is 17.0. The molecule has 2 aromatic carbocycles. The van der Waals surface area contributed by atoms with Crippen LogP contribution in [0.2, 0.25) is 0 Å². The molecule has 2 aromatic rings. The third-order valence-electron chi connectivity index (χ3n) is 5.60. The number of ether oxygens (including phenoxy) is 1. The third kappa shape index (κ3) is 4.12. The van der Waals surface area contributed by atoms with Gasteiger partial charge in [-0.2, -0.15) is 0 Å². The molecule has 0 radical (unpaired) electrons.